The summed E-state index contributed by atoms with van der Waals surface area (Å²) in [4.78, 5) is 6.49. The van der Waals surface area contributed by atoms with Crippen molar-refractivity contribution in [3.8, 4) is 5.75 Å². The molecule has 1 aliphatic heterocycles. The SMILES string of the molecule is NC1CCN(c2c([O])ccc3cccnc23)CC1. The van der Waals surface area contributed by atoms with Gasteiger partial charge >= 0.3 is 0 Å². The number of piperidine rings is 1. The second-order valence-electron chi connectivity index (χ2n) is 4.81. The lowest BCUT2D eigenvalue weighted by Crippen LogP contribution is -2.39. The minimum atomic E-state index is 0.0525. The summed E-state index contributed by atoms with van der Waals surface area (Å²) in [5.41, 5.74) is 7.45. The van der Waals surface area contributed by atoms with Gasteiger partial charge in [-0.15, -0.1) is 0 Å². The highest BCUT2D eigenvalue weighted by Gasteiger charge is 2.21. The molecule has 0 atom stereocenters. The van der Waals surface area contributed by atoms with Gasteiger partial charge in [-0.1, -0.05) is 6.07 Å². The van der Waals surface area contributed by atoms with Crippen molar-refractivity contribution >= 4 is 16.6 Å². The van der Waals surface area contributed by atoms with Gasteiger partial charge in [0, 0.05) is 30.7 Å². The van der Waals surface area contributed by atoms with E-state index in [1.54, 1.807) is 12.3 Å². The number of fused-ring (bicyclic) bond motifs is 1. The molecule has 1 aliphatic rings. The number of benzene rings is 1. The van der Waals surface area contributed by atoms with Crippen LogP contribution >= 0.6 is 0 Å². The largest absolute Gasteiger partial charge is 0.366 e. The first-order valence-electron chi connectivity index (χ1n) is 6.31. The van der Waals surface area contributed by atoms with Gasteiger partial charge in [-0.05, 0) is 31.0 Å². The van der Waals surface area contributed by atoms with Crippen LogP contribution in [0.2, 0.25) is 0 Å². The molecule has 4 heteroatoms. The fraction of sp³-hybridized carbons (Fsp3) is 0.357. The van der Waals surface area contributed by atoms with E-state index in [4.69, 9.17) is 5.73 Å². The van der Waals surface area contributed by atoms with E-state index in [0.717, 1.165) is 42.5 Å². The van der Waals surface area contributed by atoms with Crippen molar-refractivity contribution in [2.24, 2.45) is 5.73 Å². The Labute approximate surface area is 106 Å². The van der Waals surface area contributed by atoms with Crippen LogP contribution in [-0.2, 0) is 5.11 Å². The zero-order chi connectivity index (χ0) is 12.5. The Bertz CT molecular complexity index is 562. The number of anilines is 1. The summed E-state index contributed by atoms with van der Waals surface area (Å²) < 4.78 is 0. The lowest BCUT2D eigenvalue weighted by atomic mass is 10.0. The average molecular weight is 242 g/mol. The van der Waals surface area contributed by atoms with Crippen molar-refractivity contribution < 1.29 is 5.11 Å². The zero-order valence-corrected chi connectivity index (χ0v) is 10.2. The minimum Gasteiger partial charge on any atom is -0.366 e. The second kappa shape index (κ2) is 4.46. The van der Waals surface area contributed by atoms with Gasteiger partial charge in [-0.2, -0.15) is 0 Å². The van der Waals surface area contributed by atoms with E-state index >= 15 is 0 Å². The highest BCUT2D eigenvalue weighted by molar-refractivity contribution is 5.94. The van der Waals surface area contributed by atoms with Gasteiger partial charge in [-0.25, -0.2) is 0 Å². The van der Waals surface area contributed by atoms with Gasteiger partial charge in [0.15, 0.2) is 0 Å². The minimum absolute atomic E-state index is 0.0525. The summed E-state index contributed by atoms with van der Waals surface area (Å²) in [6.45, 7) is 1.68. The zero-order valence-electron chi connectivity index (χ0n) is 10.2. The highest BCUT2D eigenvalue weighted by Crippen LogP contribution is 2.35. The van der Waals surface area contributed by atoms with E-state index in [1.165, 1.54) is 0 Å². The summed E-state index contributed by atoms with van der Waals surface area (Å²) in [6, 6.07) is 7.61. The Morgan fingerprint density at radius 2 is 2.00 bits per heavy atom. The van der Waals surface area contributed by atoms with Gasteiger partial charge in [0.05, 0.1) is 5.52 Å². The fourth-order valence-corrected chi connectivity index (χ4v) is 2.54. The predicted octanol–water partition coefficient (Wildman–Crippen LogP) is 2.31. The molecule has 1 fully saturated rings. The van der Waals surface area contributed by atoms with Crippen molar-refractivity contribution in [2.45, 2.75) is 18.9 Å². The maximum Gasteiger partial charge on any atom is 0.204 e. The fourth-order valence-electron chi connectivity index (χ4n) is 2.54. The Kier molecular flexibility index (Phi) is 2.80. The number of hydrogen-bond acceptors (Lipinski definition) is 3. The summed E-state index contributed by atoms with van der Waals surface area (Å²) in [5, 5.41) is 13.1. The third-order valence-corrected chi connectivity index (χ3v) is 3.57. The Hall–Kier alpha value is -1.81. The van der Waals surface area contributed by atoms with E-state index in [1.807, 2.05) is 18.2 Å². The van der Waals surface area contributed by atoms with E-state index < -0.39 is 0 Å². The van der Waals surface area contributed by atoms with Crippen LogP contribution in [0.15, 0.2) is 30.5 Å². The molecule has 1 radical (unpaired) electrons. The molecular weight excluding hydrogens is 226 g/mol. The number of hydrogen-bond donors (Lipinski definition) is 1. The molecule has 0 saturated carbocycles. The Morgan fingerprint density at radius 3 is 2.78 bits per heavy atom. The Balaban J connectivity index is 2.07. The molecular formula is C14H16N3O. The molecule has 2 aromatic rings. The highest BCUT2D eigenvalue weighted by atomic mass is 16.3. The predicted molar refractivity (Wildman–Crippen MR) is 71.3 cm³/mol. The first-order chi connectivity index (χ1) is 8.75. The summed E-state index contributed by atoms with van der Waals surface area (Å²) in [5.74, 6) is 0.0525. The molecule has 0 bridgehead atoms. The van der Waals surface area contributed by atoms with Crippen molar-refractivity contribution in [3.05, 3.63) is 30.5 Å². The van der Waals surface area contributed by atoms with E-state index in [-0.39, 0.29) is 11.8 Å². The molecule has 0 spiro atoms. The van der Waals surface area contributed by atoms with Crippen LogP contribution in [0.5, 0.6) is 5.75 Å². The van der Waals surface area contributed by atoms with Crippen LogP contribution in [0.3, 0.4) is 0 Å². The molecule has 0 unspecified atom stereocenters. The number of nitrogens with two attached hydrogens (primary N) is 1. The molecule has 1 saturated heterocycles. The number of pyridine rings is 1. The topological polar surface area (TPSA) is 62.0 Å². The second-order valence-corrected chi connectivity index (χ2v) is 4.81. The monoisotopic (exact) mass is 242 g/mol. The number of nitrogens with zero attached hydrogens (tertiary/aromatic N) is 2. The third kappa shape index (κ3) is 1.88. The van der Waals surface area contributed by atoms with Crippen molar-refractivity contribution in [1.29, 1.82) is 0 Å². The van der Waals surface area contributed by atoms with Crippen LogP contribution in [-0.4, -0.2) is 24.1 Å². The van der Waals surface area contributed by atoms with E-state index in [0.29, 0.717) is 0 Å². The van der Waals surface area contributed by atoms with E-state index in [2.05, 4.69) is 9.88 Å². The maximum absolute atomic E-state index is 12.1. The normalized spacial score (nSPS) is 17.3. The van der Waals surface area contributed by atoms with Gasteiger partial charge in [-0.3, -0.25) is 10.1 Å². The number of rotatable bonds is 1. The smallest absolute Gasteiger partial charge is 0.204 e. The molecule has 0 aliphatic carbocycles. The van der Waals surface area contributed by atoms with Crippen molar-refractivity contribution in [1.82, 2.24) is 4.98 Å². The Morgan fingerprint density at radius 1 is 1.22 bits per heavy atom. The van der Waals surface area contributed by atoms with Gasteiger partial charge < -0.3 is 10.6 Å². The molecule has 1 aromatic heterocycles. The standard InChI is InChI=1S/C14H16N3O/c15-11-5-8-17(9-6-11)14-12(18)4-3-10-2-1-7-16-13(10)14/h1-4,7,11H,5-6,8-9,15H2. The van der Waals surface area contributed by atoms with Gasteiger partial charge in [0.25, 0.3) is 0 Å². The van der Waals surface area contributed by atoms with Crippen LogP contribution < -0.4 is 10.6 Å². The summed E-state index contributed by atoms with van der Waals surface area (Å²) >= 11 is 0. The van der Waals surface area contributed by atoms with Crippen LogP contribution in [0.4, 0.5) is 5.69 Å². The van der Waals surface area contributed by atoms with Crippen LogP contribution in [0.1, 0.15) is 12.8 Å². The molecule has 2 N–H and O–H groups in total. The third-order valence-electron chi connectivity index (χ3n) is 3.57. The lowest BCUT2D eigenvalue weighted by molar-refractivity contribution is 0.353. The first-order valence-corrected chi connectivity index (χ1v) is 6.31. The molecule has 93 valence electrons. The first kappa shape index (κ1) is 11.3. The molecule has 0 amide bonds. The molecule has 1 aromatic carbocycles. The number of aromatic nitrogens is 1. The summed E-state index contributed by atoms with van der Waals surface area (Å²) in [7, 11) is 0. The molecule has 18 heavy (non-hydrogen) atoms. The quantitative estimate of drug-likeness (QED) is 0.834. The van der Waals surface area contributed by atoms with Crippen LogP contribution in [0, 0.1) is 0 Å². The summed E-state index contributed by atoms with van der Waals surface area (Å²) in [6.07, 6.45) is 3.60. The van der Waals surface area contributed by atoms with Crippen LogP contribution in [0.25, 0.3) is 10.9 Å². The average Bonchev–Trinajstić information content (AvgIpc) is 2.40. The van der Waals surface area contributed by atoms with E-state index in [9.17, 15) is 5.11 Å². The molecule has 2 heterocycles. The van der Waals surface area contributed by atoms with Crippen molar-refractivity contribution in [3.63, 3.8) is 0 Å². The molecule has 4 nitrogen and oxygen atoms in total. The van der Waals surface area contributed by atoms with Crippen molar-refractivity contribution in [2.75, 3.05) is 18.0 Å². The van der Waals surface area contributed by atoms with Gasteiger partial charge in [0.1, 0.15) is 5.69 Å². The maximum atomic E-state index is 12.1. The molecule has 3 rings (SSSR count). The van der Waals surface area contributed by atoms with Gasteiger partial charge in [0.2, 0.25) is 5.75 Å². The lowest BCUT2D eigenvalue weighted by Gasteiger charge is -2.32.